The SMILES string of the molecule is [CH3][Ge]([CH3])([CH3])[C](O)(c1ccccc1)c1ccccc1. The number of rotatable bonds is 3. The third-order valence-electron chi connectivity index (χ3n) is 3.47. The van der Waals surface area contributed by atoms with Gasteiger partial charge in [-0.3, -0.25) is 0 Å². The Kier molecular flexibility index (Phi) is 3.64. The van der Waals surface area contributed by atoms with E-state index in [1.54, 1.807) is 0 Å². The average molecular weight is 301 g/mol. The van der Waals surface area contributed by atoms with Gasteiger partial charge in [0, 0.05) is 0 Å². The third-order valence-corrected chi connectivity index (χ3v) is 9.23. The van der Waals surface area contributed by atoms with E-state index in [2.05, 4.69) is 17.3 Å². The van der Waals surface area contributed by atoms with E-state index in [4.69, 9.17) is 0 Å². The monoisotopic (exact) mass is 302 g/mol. The summed E-state index contributed by atoms with van der Waals surface area (Å²) >= 11 is -2.38. The molecule has 0 saturated heterocycles. The molecule has 0 amide bonds. The molecule has 0 fully saturated rings. The second-order valence-electron chi connectivity index (χ2n) is 5.69. The van der Waals surface area contributed by atoms with E-state index in [1.807, 2.05) is 60.7 Å². The summed E-state index contributed by atoms with van der Waals surface area (Å²) in [5, 5.41) is 11.4. The first-order valence-corrected chi connectivity index (χ1v) is 13.6. The zero-order valence-corrected chi connectivity index (χ0v) is 13.3. The van der Waals surface area contributed by atoms with Gasteiger partial charge in [-0.05, 0) is 0 Å². The molecule has 0 saturated carbocycles. The number of benzene rings is 2. The fourth-order valence-electron chi connectivity index (χ4n) is 2.39. The summed E-state index contributed by atoms with van der Waals surface area (Å²) in [6, 6.07) is 20.1. The molecule has 94 valence electrons. The molecule has 0 aliphatic rings. The zero-order valence-electron chi connectivity index (χ0n) is 11.2. The number of hydrogen-bond donors (Lipinski definition) is 1. The van der Waals surface area contributed by atoms with Crippen LogP contribution in [0.3, 0.4) is 0 Å². The second kappa shape index (κ2) is 4.90. The molecule has 0 atom stereocenters. The van der Waals surface area contributed by atoms with Gasteiger partial charge in [0.05, 0.1) is 0 Å². The van der Waals surface area contributed by atoms with Crippen molar-refractivity contribution in [3.8, 4) is 0 Å². The van der Waals surface area contributed by atoms with Crippen molar-refractivity contribution in [3.63, 3.8) is 0 Å². The van der Waals surface area contributed by atoms with Crippen LogP contribution >= 0.6 is 0 Å². The summed E-state index contributed by atoms with van der Waals surface area (Å²) in [5.74, 6) is 6.75. The number of aliphatic hydroxyl groups is 1. The van der Waals surface area contributed by atoms with Gasteiger partial charge in [-0.15, -0.1) is 0 Å². The van der Waals surface area contributed by atoms with Crippen molar-refractivity contribution < 1.29 is 5.11 Å². The van der Waals surface area contributed by atoms with Gasteiger partial charge >= 0.3 is 112 Å². The minimum atomic E-state index is -2.38. The van der Waals surface area contributed by atoms with Gasteiger partial charge in [-0.2, -0.15) is 0 Å². The summed E-state index contributed by atoms with van der Waals surface area (Å²) in [6.07, 6.45) is 0. The first-order chi connectivity index (χ1) is 8.46. The van der Waals surface area contributed by atoms with Crippen molar-refractivity contribution in [2.24, 2.45) is 0 Å². The summed E-state index contributed by atoms with van der Waals surface area (Å²) in [5.41, 5.74) is 2.03. The Bertz CT molecular complexity index is 460. The molecule has 0 unspecified atom stereocenters. The summed E-state index contributed by atoms with van der Waals surface area (Å²) < 4.78 is -0.789. The van der Waals surface area contributed by atoms with E-state index in [0.717, 1.165) is 11.1 Å². The van der Waals surface area contributed by atoms with Crippen LogP contribution in [0, 0.1) is 0 Å². The first-order valence-electron chi connectivity index (χ1n) is 6.29. The van der Waals surface area contributed by atoms with Crippen molar-refractivity contribution in [3.05, 3.63) is 71.8 Å². The van der Waals surface area contributed by atoms with E-state index in [9.17, 15) is 5.11 Å². The molecule has 2 rings (SSSR count). The van der Waals surface area contributed by atoms with Crippen molar-refractivity contribution in [2.75, 3.05) is 0 Å². The molecule has 2 aromatic carbocycles. The normalized spacial score (nSPS) is 12.4. The molecule has 0 heterocycles. The van der Waals surface area contributed by atoms with Crippen molar-refractivity contribution >= 4 is 13.3 Å². The van der Waals surface area contributed by atoms with Crippen LogP contribution in [0.25, 0.3) is 0 Å². The Labute approximate surface area is 112 Å². The topological polar surface area (TPSA) is 20.2 Å². The van der Waals surface area contributed by atoms with Gasteiger partial charge in [-0.1, -0.05) is 0 Å². The van der Waals surface area contributed by atoms with Crippen LogP contribution in [0.4, 0.5) is 0 Å². The Morgan fingerprint density at radius 1 is 0.722 bits per heavy atom. The van der Waals surface area contributed by atoms with Gasteiger partial charge in [0.1, 0.15) is 0 Å². The van der Waals surface area contributed by atoms with Crippen molar-refractivity contribution in [2.45, 2.75) is 21.7 Å². The first kappa shape index (κ1) is 13.4. The van der Waals surface area contributed by atoms with Crippen LogP contribution in [0.15, 0.2) is 60.7 Å². The van der Waals surface area contributed by atoms with Gasteiger partial charge < -0.3 is 0 Å². The molecule has 0 bridgehead atoms. The standard InChI is InChI=1S/C16H20GeO/c1-17(2,3)16(18,14-10-6-4-7-11-14)15-12-8-5-9-13-15/h4-13,18H,1-3H3. The summed E-state index contributed by atoms with van der Waals surface area (Å²) in [6.45, 7) is 0. The minimum absolute atomic E-state index is 0.789. The summed E-state index contributed by atoms with van der Waals surface area (Å²) in [7, 11) is 0. The Hall–Kier alpha value is -1.06. The molecule has 0 spiro atoms. The predicted octanol–water partition coefficient (Wildman–Crippen LogP) is 3.80. The van der Waals surface area contributed by atoms with Crippen LogP contribution in [-0.4, -0.2) is 18.4 Å². The predicted molar refractivity (Wildman–Crippen MR) is 79.2 cm³/mol. The van der Waals surface area contributed by atoms with Gasteiger partial charge in [-0.25, -0.2) is 0 Å². The molecule has 0 aliphatic heterocycles. The van der Waals surface area contributed by atoms with E-state index in [0.29, 0.717) is 0 Å². The second-order valence-corrected chi connectivity index (χ2v) is 16.7. The van der Waals surface area contributed by atoms with E-state index < -0.39 is 17.7 Å². The molecular weight excluding hydrogens is 281 g/mol. The van der Waals surface area contributed by atoms with Crippen LogP contribution in [0.1, 0.15) is 11.1 Å². The Morgan fingerprint density at radius 2 is 1.06 bits per heavy atom. The molecule has 0 radical (unpaired) electrons. The average Bonchev–Trinajstić information content (AvgIpc) is 2.38. The van der Waals surface area contributed by atoms with E-state index >= 15 is 0 Å². The molecule has 18 heavy (non-hydrogen) atoms. The molecule has 2 heteroatoms. The van der Waals surface area contributed by atoms with Gasteiger partial charge in [0.15, 0.2) is 0 Å². The van der Waals surface area contributed by atoms with Gasteiger partial charge in [0.25, 0.3) is 0 Å². The summed E-state index contributed by atoms with van der Waals surface area (Å²) in [4.78, 5) is 0. The molecule has 1 nitrogen and oxygen atoms in total. The maximum absolute atomic E-state index is 11.4. The van der Waals surface area contributed by atoms with Gasteiger partial charge in [0.2, 0.25) is 0 Å². The fraction of sp³-hybridized carbons (Fsp3) is 0.250. The third kappa shape index (κ3) is 2.25. The Balaban J connectivity index is 2.63. The maximum atomic E-state index is 11.4. The van der Waals surface area contributed by atoms with Crippen LogP contribution in [0.2, 0.25) is 17.3 Å². The fourth-order valence-corrected chi connectivity index (χ4v) is 6.72. The molecule has 2 aromatic rings. The van der Waals surface area contributed by atoms with Crippen LogP contribution in [0.5, 0.6) is 0 Å². The molecular formula is C16H20GeO. The zero-order chi connectivity index (χ0) is 13.2. The van der Waals surface area contributed by atoms with Crippen molar-refractivity contribution in [1.82, 2.24) is 0 Å². The van der Waals surface area contributed by atoms with E-state index in [1.165, 1.54) is 0 Å². The molecule has 0 aromatic heterocycles. The number of hydrogen-bond acceptors (Lipinski definition) is 1. The van der Waals surface area contributed by atoms with Crippen molar-refractivity contribution in [1.29, 1.82) is 0 Å². The molecule has 0 aliphatic carbocycles. The Morgan fingerprint density at radius 3 is 1.33 bits per heavy atom. The van der Waals surface area contributed by atoms with E-state index in [-0.39, 0.29) is 0 Å². The van der Waals surface area contributed by atoms with Crippen LogP contribution < -0.4 is 0 Å². The molecule has 1 N–H and O–H groups in total. The quantitative estimate of drug-likeness (QED) is 0.855. The van der Waals surface area contributed by atoms with Crippen LogP contribution in [-0.2, 0) is 4.43 Å².